The molecule has 0 amide bonds. The van der Waals surface area contributed by atoms with Crippen molar-refractivity contribution in [1.82, 2.24) is 10.6 Å². The SMILES string of the molecule is C1C[NH2+]CCN1.C1C[NH2+]CCN1.[I-].[I-]. The quantitative estimate of drug-likeness (QED) is 0.290. The Labute approximate surface area is 121 Å². The Bertz CT molecular complexity index is 62.3. The molecule has 0 saturated carbocycles. The summed E-state index contributed by atoms with van der Waals surface area (Å²) in [5.74, 6) is 0. The molecule has 0 aromatic rings. The molecule has 0 radical (unpaired) electrons. The molecular formula is C8H22I2N4. The van der Waals surface area contributed by atoms with E-state index >= 15 is 0 Å². The third-order valence-electron chi connectivity index (χ3n) is 2.10. The van der Waals surface area contributed by atoms with Gasteiger partial charge in [0.1, 0.15) is 0 Å². The lowest BCUT2D eigenvalue weighted by Gasteiger charge is -2.07. The minimum absolute atomic E-state index is 0. The van der Waals surface area contributed by atoms with Crippen LogP contribution in [0.4, 0.5) is 0 Å². The first-order valence-corrected chi connectivity index (χ1v) is 5.05. The molecule has 2 aliphatic rings. The van der Waals surface area contributed by atoms with E-state index in [0.717, 1.165) is 0 Å². The van der Waals surface area contributed by atoms with Crippen molar-refractivity contribution in [3.05, 3.63) is 0 Å². The van der Waals surface area contributed by atoms with E-state index in [4.69, 9.17) is 0 Å². The van der Waals surface area contributed by atoms with Gasteiger partial charge in [0.05, 0.1) is 26.2 Å². The minimum Gasteiger partial charge on any atom is -1.00 e. The predicted octanol–water partition coefficient (Wildman–Crippen LogP) is -9.69. The lowest BCUT2D eigenvalue weighted by Crippen LogP contribution is -3.00. The van der Waals surface area contributed by atoms with E-state index in [2.05, 4.69) is 21.3 Å². The van der Waals surface area contributed by atoms with E-state index in [1.54, 1.807) is 0 Å². The van der Waals surface area contributed by atoms with E-state index in [9.17, 15) is 0 Å². The Balaban J connectivity index is 0. The molecule has 2 heterocycles. The molecule has 0 bridgehead atoms. The van der Waals surface area contributed by atoms with Gasteiger partial charge >= 0.3 is 0 Å². The highest BCUT2D eigenvalue weighted by Crippen LogP contribution is 1.55. The summed E-state index contributed by atoms with van der Waals surface area (Å²) in [7, 11) is 0. The van der Waals surface area contributed by atoms with Gasteiger partial charge in [-0.1, -0.05) is 0 Å². The zero-order chi connectivity index (χ0) is 8.49. The molecule has 4 nitrogen and oxygen atoms in total. The summed E-state index contributed by atoms with van der Waals surface area (Å²) in [6.45, 7) is 9.83. The van der Waals surface area contributed by atoms with Gasteiger partial charge < -0.3 is 69.2 Å². The molecule has 6 N–H and O–H groups in total. The van der Waals surface area contributed by atoms with Crippen LogP contribution in [0.25, 0.3) is 0 Å². The van der Waals surface area contributed by atoms with E-state index in [0.29, 0.717) is 0 Å². The van der Waals surface area contributed by atoms with Crippen molar-refractivity contribution >= 4 is 0 Å². The first kappa shape index (κ1) is 17.7. The Morgan fingerprint density at radius 3 is 0.929 bits per heavy atom. The summed E-state index contributed by atoms with van der Waals surface area (Å²) in [6.07, 6.45) is 0. The molecule has 2 fully saturated rings. The van der Waals surface area contributed by atoms with E-state index < -0.39 is 0 Å². The monoisotopic (exact) mass is 428 g/mol. The Morgan fingerprint density at radius 2 is 0.857 bits per heavy atom. The first-order valence-electron chi connectivity index (χ1n) is 5.05. The second-order valence-electron chi connectivity index (χ2n) is 3.23. The van der Waals surface area contributed by atoms with E-state index in [1.165, 1.54) is 52.4 Å². The highest BCUT2D eigenvalue weighted by atomic mass is 127. The number of hydrogen-bond acceptors (Lipinski definition) is 2. The summed E-state index contributed by atoms with van der Waals surface area (Å²) in [5, 5.41) is 11.2. The van der Waals surface area contributed by atoms with Crippen molar-refractivity contribution in [1.29, 1.82) is 0 Å². The van der Waals surface area contributed by atoms with Gasteiger partial charge in [-0.25, -0.2) is 0 Å². The topological polar surface area (TPSA) is 57.3 Å². The van der Waals surface area contributed by atoms with Crippen LogP contribution in [0.1, 0.15) is 0 Å². The van der Waals surface area contributed by atoms with Crippen molar-refractivity contribution in [2.24, 2.45) is 0 Å². The number of nitrogens with two attached hydrogens (primary N) is 2. The van der Waals surface area contributed by atoms with Crippen molar-refractivity contribution in [3.63, 3.8) is 0 Å². The Hall–Kier alpha value is 1.30. The molecule has 0 aromatic heterocycles. The van der Waals surface area contributed by atoms with Crippen LogP contribution >= 0.6 is 0 Å². The van der Waals surface area contributed by atoms with Gasteiger partial charge in [0, 0.05) is 26.2 Å². The van der Waals surface area contributed by atoms with E-state index in [1.807, 2.05) is 0 Å². The van der Waals surface area contributed by atoms with Crippen LogP contribution in [0, 0.1) is 0 Å². The van der Waals surface area contributed by atoms with E-state index in [-0.39, 0.29) is 48.0 Å². The summed E-state index contributed by atoms with van der Waals surface area (Å²) in [5.41, 5.74) is 0. The number of halogens is 2. The number of rotatable bonds is 0. The summed E-state index contributed by atoms with van der Waals surface area (Å²) in [4.78, 5) is 0. The van der Waals surface area contributed by atoms with Crippen molar-refractivity contribution < 1.29 is 58.6 Å². The van der Waals surface area contributed by atoms with Gasteiger partial charge in [-0.3, -0.25) is 0 Å². The standard InChI is InChI=1S/2C4H10N2.2HI/c2*1-2-6-4-3-5-1;;/h2*5-6H,1-4H2;2*1H. The Morgan fingerprint density at radius 1 is 0.571 bits per heavy atom. The van der Waals surface area contributed by atoms with Gasteiger partial charge in [-0.05, 0) is 0 Å². The predicted molar refractivity (Wildman–Crippen MR) is 49.1 cm³/mol. The van der Waals surface area contributed by atoms with Gasteiger partial charge in [0.2, 0.25) is 0 Å². The molecular weight excluding hydrogens is 406 g/mol. The van der Waals surface area contributed by atoms with Crippen molar-refractivity contribution in [2.45, 2.75) is 0 Å². The average molecular weight is 428 g/mol. The summed E-state index contributed by atoms with van der Waals surface area (Å²) < 4.78 is 0. The van der Waals surface area contributed by atoms with Crippen LogP contribution in [-0.4, -0.2) is 52.4 Å². The maximum Gasteiger partial charge on any atom is 0.0882 e. The fraction of sp³-hybridized carbons (Fsp3) is 1.00. The van der Waals surface area contributed by atoms with Gasteiger partial charge in [-0.2, -0.15) is 0 Å². The van der Waals surface area contributed by atoms with Crippen LogP contribution in [0.5, 0.6) is 0 Å². The average Bonchev–Trinajstić information content (AvgIpc) is 2.24. The molecule has 88 valence electrons. The van der Waals surface area contributed by atoms with Crippen LogP contribution in [0.2, 0.25) is 0 Å². The number of piperazine rings is 2. The van der Waals surface area contributed by atoms with Crippen LogP contribution < -0.4 is 69.2 Å². The number of nitrogens with one attached hydrogen (secondary N) is 2. The fourth-order valence-corrected chi connectivity index (χ4v) is 1.36. The van der Waals surface area contributed by atoms with Crippen LogP contribution in [0.3, 0.4) is 0 Å². The lowest BCUT2D eigenvalue weighted by atomic mass is 10.4. The maximum atomic E-state index is 3.25. The normalized spacial score (nSPS) is 20.6. The van der Waals surface area contributed by atoms with Gasteiger partial charge in [0.25, 0.3) is 0 Å². The third-order valence-corrected chi connectivity index (χ3v) is 2.10. The zero-order valence-electron chi connectivity index (χ0n) is 8.57. The fourth-order valence-electron chi connectivity index (χ4n) is 1.36. The van der Waals surface area contributed by atoms with Crippen molar-refractivity contribution in [3.8, 4) is 0 Å². The van der Waals surface area contributed by atoms with Crippen LogP contribution in [0.15, 0.2) is 0 Å². The molecule has 2 rings (SSSR count). The lowest BCUT2D eigenvalue weighted by molar-refractivity contribution is -0.657. The molecule has 0 atom stereocenters. The maximum absolute atomic E-state index is 3.25. The van der Waals surface area contributed by atoms with Gasteiger partial charge in [-0.15, -0.1) is 0 Å². The van der Waals surface area contributed by atoms with Crippen LogP contribution in [-0.2, 0) is 0 Å². The highest BCUT2D eigenvalue weighted by molar-refractivity contribution is 4.45. The number of hydrogen-bond donors (Lipinski definition) is 4. The zero-order valence-corrected chi connectivity index (χ0v) is 12.9. The molecule has 14 heavy (non-hydrogen) atoms. The second kappa shape index (κ2) is 14.3. The highest BCUT2D eigenvalue weighted by Gasteiger charge is 1.96. The molecule has 2 aliphatic heterocycles. The molecule has 6 heteroatoms. The number of quaternary nitrogens is 2. The van der Waals surface area contributed by atoms with Gasteiger partial charge in [0.15, 0.2) is 0 Å². The third kappa shape index (κ3) is 11.4. The molecule has 0 unspecified atom stereocenters. The summed E-state index contributed by atoms with van der Waals surface area (Å²) in [6, 6.07) is 0. The van der Waals surface area contributed by atoms with Crippen molar-refractivity contribution in [2.75, 3.05) is 52.4 Å². The first-order chi connectivity index (χ1) is 6.00. The minimum atomic E-state index is 0. The molecule has 2 saturated heterocycles. The summed E-state index contributed by atoms with van der Waals surface area (Å²) >= 11 is 0. The molecule has 0 aromatic carbocycles. The second-order valence-corrected chi connectivity index (χ2v) is 3.23. The molecule has 0 spiro atoms. The largest absolute Gasteiger partial charge is 1.00 e. The molecule has 0 aliphatic carbocycles. The smallest absolute Gasteiger partial charge is 0.0882 e. The Kier molecular flexibility index (Phi) is 18.1.